The molecule has 0 radical (unpaired) electrons. The minimum absolute atomic E-state index is 0.0543. The summed E-state index contributed by atoms with van der Waals surface area (Å²) in [5.74, 6) is 2.17. The lowest BCUT2D eigenvalue weighted by Crippen LogP contribution is -2.24. The second-order valence-corrected chi connectivity index (χ2v) is 8.91. The molecule has 0 amide bonds. The summed E-state index contributed by atoms with van der Waals surface area (Å²) in [7, 11) is 0. The van der Waals surface area contributed by atoms with Crippen LogP contribution in [0.4, 0.5) is 0 Å². The minimum Gasteiger partial charge on any atom is -0.382 e. The smallest absolute Gasteiger partial charge is 0.262 e. The van der Waals surface area contributed by atoms with Gasteiger partial charge in [-0.15, -0.1) is 0 Å². The first-order chi connectivity index (χ1) is 14.0. The number of rotatable bonds is 10. The quantitative estimate of drug-likeness (QED) is 0.240. The molecule has 0 saturated heterocycles. The summed E-state index contributed by atoms with van der Waals surface area (Å²) in [6.07, 6.45) is 1.51. The van der Waals surface area contributed by atoms with E-state index < -0.39 is 0 Å². The molecule has 1 aromatic carbocycles. The van der Waals surface area contributed by atoms with Crippen LogP contribution in [0.25, 0.3) is 10.9 Å². The summed E-state index contributed by atoms with van der Waals surface area (Å²) in [6, 6.07) is 5.55. The number of hydrogen-bond acceptors (Lipinski definition) is 7. The molecule has 2 aromatic heterocycles. The van der Waals surface area contributed by atoms with Gasteiger partial charge in [0.1, 0.15) is 0 Å². The molecule has 0 fully saturated rings. The van der Waals surface area contributed by atoms with E-state index in [1.807, 2.05) is 25.1 Å². The highest BCUT2D eigenvalue weighted by molar-refractivity contribution is 9.10. The first-order valence-electron chi connectivity index (χ1n) is 9.70. The van der Waals surface area contributed by atoms with Crippen molar-refractivity contribution in [2.45, 2.75) is 51.1 Å². The number of fused-ring (bicyclic) bond motifs is 1. The summed E-state index contributed by atoms with van der Waals surface area (Å²) in [5.41, 5.74) is 0.620. The number of halogens is 1. The van der Waals surface area contributed by atoms with E-state index in [1.165, 1.54) is 11.8 Å². The molecule has 0 atom stereocenters. The van der Waals surface area contributed by atoms with Crippen molar-refractivity contribution in [3.63, 3.8) is 0 Å². The maximum atomic E-state index is 13.1. The van der Waals surface area contributed by atoms with Crippen LogP contribution in [0.2, 0.25) is 0 Å². The molecule has 0 bridgehead atoms. The topological polar surface area (TPSA) is 83.0 Å². The van der Waals surface area contributed by atoms with Crippen LogP contribution in [0.15, 0.2) is 37.1 Å². The van der Waals surface area contributed by atoms with Crippen LogP contribution in [0.1, 0.15) is 38.9 Å². The zero-order chi connectivity index (χ0) is 20.8. The van der Waals surface area contributed by atoms with Gasteiger partial charge in [-0.05, 0) is 37.5 Å². The van der Waals surface area contributed by atoms with Gasteiger partial charge in [0, 0.05) is 30.7 Å². The van der Waals surface area contributed by atoms with Crippen molar-refractivity contribution in [3.05, 3.63) is 44.7 Å². The Balaban J connectivity index is 1.85. The SMILES string of the molecule is CCOCCCn1c(SCc2nc(CC(C)C)no2)nc2ccc(Br)cc2c1=O. The van der Waals surface area contributed by atoms with E-state index in [0.717, 1.165) is 17.3 Å². The van der Waals surface area contributed by atoms with Gasteiger partial charge >= 0.3 is 0 Å². The fraction of sp³-hybridized carbons (Fsp3) is 0.500. The first-order valence-corrected chi connectivity index (χ1v) is 11.5. The number of benzene rings is 1. The van der Waals surface area contributed by atoms with Gasteiger partial charge in [-0.3, -0.25) is 9.36 Å². The van der Waals surface area contributed by atoms with Crippen LogP contribution in [-0.4, -0.2) is 32.9 Å². The highest BCUT2D eigenvalue weighted by Gasteiger charge is 2.15. The van der Waals surface area contributed by atoms with Crippen LogP contribution >= 0.6 is 27.7 Å². The number of thioether (sulfide) groups is 1. The van der Waals surface area contributed by atoms with Crippen molar-refractivity contribution in [2.75, 3.05) is 13.2 Å². The van der Waals surface area contributed by atoms with E-state index in [-0.39, 0.29) is 5.56 Å². The summed E-state index contributed by atoms with van der Waals surface area (Å²) in [6.45, 7) is 7.99. The van der Waals surface area contributed by atoms with E-state index in [9.17, 15) is 4.79 Å². The molecule has 3 rings (SSSR count). The highest BCUT2D eigenvalue weighted by atomic mass is 79.9. The van der Waals surface area contributed by atoms with Crippen molar-refractivity contribution >= 4 is 38.6 Å². The molecule has 3 aromatic rings. The molecule has 0 aliphatic carbocycles. The van der Waals surface area contributed by atoms with Crippen LogP contribution < -0.4 is 5.56 Å². The van der Waals surface area contributed by atoms with E-state index in [1.54, 1.807) is 4.57 Å². The fourth-order valence-corrected chi connectivity index (χ4v) is 4.10. The monoisotopic (exact) mass is 480 g/mol. The Labute approximate surface area is 182 Å². The average Bonchev–Trinajstić information content (AvgIpc) is 3.12. The molecule has 0 spiro atoms. The normalized spacial score (nSPS) is 11.6. The molecule has 2 heterocycles. The van der Waals surface area contributed by atoms with Gasteiger partial charge in [0.05, 0.1) is 16.7 Å². The largest absolute Gasteiger partial charge is 0.382 e. The molecular formula is C20H25BrN4O3S. The number of ether oxygens (including phenoxy) is 1. The summed E-state index contributed by atoms with van der Waals surface area (Å²) in [5, 5.41) is 5.27. The lowest BCUT2D eigenvalue weighted by atomic mass is 10.1. The number of nitrogens with zero attached hydrogens (tertiary/aromatic N) is 4. The third kappa shape index (κ3) is 5.90. The Morgan fingerprint density at radius 1 is 1.31 bits per heavy atom. The molecule has 0 N–H and O–H groups in total. The Morgan fingerprint density at radius 2 is 2.14 bits per heavy atom. The van der Waals surface area contributed by atoms with Gasteiger partial charge in [-0.2, -0.15) is 4.98 Å². The third-order valence-electron chi connectivity index (χ3n) is 4.18. The number of aromatic nitrogens is 4. The predicted molar refractivity (Wildman–Crippen MR) is 117 cm³/mol. The Morgan fingerprint density at radius 3 is 2.90 bits per heavy atom. The molecule has 156 valence electrons. The minimum atomic E-state index is -0.0543. The van der Waals surface area contributed by atoms with Crippen LogP contribution in [0, 0.1) is 5.92 Å². The van der Waals surface area contributed by atoms with Crippen LogP contribution in [0.5, 0.6) is 0 Å². The average molecular weight is 481 g/mol. The molecule has 7 nitrogen and oxygen atoms in total. The molecule has 0 saturated carbocycles. The maximum absolute atomic E-state index is 13.1. The van der Waals surface area contributed by atoms with E-state index in [0.29, 0.717) is 59.2 Å². The number of hydrogen-bond donors (Lipinski definition) is 0. The molecule has 0 aliphatic heterocycles. The molecule has 9 heteroatoms. The summed E-state index contributed by atoms with van der Waals surface area (Å²) < 4.78 is 13.3. The van der Waals surface area contributed by atoms with Crippen molar-refractivity contribution < 1.29 is 9.26 Å². The van der Waals surface area contributed by atoms with E-state index >= 15 is 0 Å². The second-order valence-electron chi connectivity index (χ2n) is 7.05. The molecular weight excluding hydrogens is 456 g/mol. The van der Waals surface area contributed by atoms with Gasteiger partial charge in [0.15, 0.2) is 11.0 Å². The second kappa shape index (κ2) is 10.4. The fourth-order valence-electron chi connectivity index (χ4n) is 2.87. The predicted octanol–water partition coefficient (Wildman–Crippen LogP) is 4.46. The zero-order valence-electron chi connectivity index (χ0n) is 16.9. The van der Waals surface area contributed by atoms with Gasteiger partial charge < -0.3 is 9.26 Å². The van der Waals surface area contributed by atoms with E-state index in [2.05, 4.69) is 39.9 Å². The molecule has 0 aliphatic rings. The van der Waals surface area contributed by atoms with Gasteiger partial charge in [-0.1, -0.05) is 46.7 Å². The Hall–Kier alpha value is -1.71. The molecule has 0 unspecified atom stereocenters. The Bertz CT molecular complexity index is 1020. The van der Waals surface area contributed by atoms with Gasteiger partial charge in [-0.25, -0.2) is 4.98 Å². The summed E-state index contributed by atoms with van der Waals surface area (Å²) >= 11 is 4.87. The lowest BCUT2D eigenvalue weighted by Gasteiger charge is -2.12. The summed E-state index contributed by atoms with van der Waals surface area (Å²) in [4.78, 5) is 22.3. The highest BCUT2D eigenvalue weighted by Crippen LogP contribution is 2.23. The van der Waals surface area contributed by atoms with Crippen LogP contribution in [0.3, 0.4) is 0 Å². The van der Waals surface area contributed by atoms with Crippen molar-refractivity contribution in [1.82, 2.24) is 19.7 Å². The van der Waals surface area contributed by atoms with Gasteiger partial charge in [0.2, 0.25) is 5.89 Å². The lowest BCUT2D eigenvalue weighted by molar-refractivity contribution is 0.140. The zero-order valence-corrected chi connectivity index (χ0v) is 19.3. The standard InChI is InChI=1S/C20H25BrN4O3S/c1-4-27-9-5-8-25-19(26)15-11-14(21)6-7-16(15)22-20(25)29-12-18-23-17(24-28-18)10-13(2)3/h6-7,11,13H,4-5,8-10,12H2,1-3H3. The van der Waals surface area contributed by atoms with E-state index in [4.69, 9.17) is 14.2 Å². The third-order valence-corrected chi connectivity index (χ3v) is 5.64. The first kappa shape index (κ1) is 22.0. The van der Waals surface area contributed by atoms with Gasteiger partial charge in [0.25, 0.3) is 5.56 Å². The maximum Gasteiger partial charge on any atom is 0.262 e. The molecule has 29 heavy (non-hydrogen) atoms. The van der Waals surface area contributed by atoms with Crippen molar-refractivity contribution in [3.8, 4) is 0 Å². The Kier molecular flexibility index (Phi) is 7.85. The van der Waals surface area contributed by atoms with Crippen molar-refractivity contribution in [1.29, 1.82) is 0 Å². The van der Waals surface area contributed by atoms with Crippen molar-refractivity contribution in [2.24, 2.45) is 5.92 Å². The van der Waals surface area contributed by atoms with Crippen LogP contribution in [-0.2, 0) is 23.5 Å².